The minimum atomic E-state index is 0.809. The summed E-state index contributed by atoms with van der Waals surface area (Å²) in [6.07, 6.45) is 8.83. The summed E-state index contributed by atoms with van der Waals surface area (Å²) < 4.78 is 0. The Hall–Kier alpha value is -0.0800. The molecule has 2 nitrogen and oxygen atoms in total. The number of rotatable bonds is 7. The predicted octanol–water partition coefficient (Wildman–Crippen LogP) is 3.13. The molecule has 19 heavy (non-hydrogen) atoms. The maximum atomic E-state index is 3.91. The zero-order chi connectivity index (χ0) is 13.2. The van der Waals surface area contributed by atoms with E-state index in [2.05, 4.69) is 24.1 Å². The summed E-state index contributed by atoms with van der Waals surface area (Å²) >= 11 is 0. The summed E-state index contributed by atoms with van der Waals surface area (Å²) in [7, 11) is 0. The Kier molecular flexibility index (Phi) is 4.48. The van der Waals surface area contributed by atoms with Crippen LogP contribution in [0, 0.1) is 23.7 Å². The molecule has 1 N–H and O–H groups in total. The van der Waals surface area contributed by atoms with Gasteiger partial charge in [0.15, 0.2) is 0 Å². The van der Waals surface area contributed by atoms with Crippen molar-refractivity contribution in [3.05, 3.63) is 0 Å². The molecular weight excluding hydrogens is 232 g/mol. The normalized spacial score (nSPS) is 26.5. The number of likely N-dealkylation sites (tertiary alicyclic amines) is 1. The molecule has 1 aliphatic heterocycles. The van der Waals surface area contributed by atoms with Crippen molar-refractivity contribution in [1.82, 2.24) is 10.2 Å². The predicted molar refractivity (Wildman–Crippen MR) is 81.2 cm³/mol. The third-order valence-corrected chi connectivity index (χ3v) is 5.31. The van der Waals surface area contributed by atoms with Crippen molar-refractivity contribution in [1.29, 1.82) is 0 Å². The largest absolute Gasteiger partial charge is 0.314 e. The highest BCUT2D eigenvalue weighted by molar-refractivity contribution is 4.93. The molecule has 110 valence electrons. The van der Waals surface area contributed by atoms with Crippen molar-refractivity contribution < 1.29 is 0 Å². The zero-order valence-electron chi connectivity index (χ0n) is 12.9. The minimum Gasteiger partial charge on any atom is -0.314 e. The van der Waals surface area contributed by atoms with Crippen LogP contribution in [0.15, 0.2) is 0 Å². The quantitative estimate of drug-likeness (QED) is 0.760. The van der Waals surface area contributed by atoms with Gasteiger partial charge in [-0.3, -0.25) is 0 Å². The van der Waals surface area contributed by atoms with Crippen LogP contribution in [0.2, 0.25) is 0 Å². The average Bonchev–Trinajstić information content (AvgIpc) is 3.25. The van der Waals surface area contributed by atoms with Gasteiger partial charge in [-0.15, -0.1) is 0 Å². The number of nitrogens with one attached hydrogen (secondary N) is 1. The molecule has 3 aliphatic rings. The van der Waals surface area contributed by atoms with E-state index < -0.39 is 0 Å². The van der Waals surface area contributed by atoms with Gasteiger partial charge in [-0.05, 0) is 81.8 Å². The van der Waals surface area contributed by atoms with E-state index in [-0.39, 0.29) is 0 Å². The van der Waals surface area contributed by atoms with E-state index in [1.165, 1.54) is 64.7 Å². The first-order chi connectivity index (χ1) is 9.22. The van der Waals surface area contributed by atoms with Crippen molar-refractivity contribution in [2.24, 2.45) is 23.7 Å². The zero-order valence-corrected chi connectivity index (χ0v) is 12.9. The first-order valence-electron chi connectivity index (χ1n) is 8.68. The van der Waals surface area contributed by atoms with Crippen molar-refractivity contribution in [2.75, 3.05) is 26.2 Å². The van der Waals surface area contributed by atoms with Crippen LogP contribution in [-0.4, -0.2) is 37.1 Å². The molecule has 0 spiro atoms. The lowest BCUT2D eigenvalue weighted by Crippen LogP contribution is -2.45. The second-order valence-electron chi connectivity index (χ2n) is 7.72. The molecule has 1 heterocycles. The van der Waals surface area contributed by atoms with E-state index in [0.717, 1.165) is 29.7 Å². The molecule has 0 unspecified atom stereocenters. The van der Waals surface area contributed by atoms with Crippen LogP contribution in [0.4, 0.5) is 0 Å². The molecule has 2 heteroatoms. The van der Waals surface area contributed by atoms with E-state index in [1.54, 1.807) is 0 Å². The molecular formula is C17H32N2. The van der Waals surface area contributed by atoms with Gasteiger partial charge in [-0.2, -0.15) is 0 Å². The molecule has 0 atom stereocenters. The summed E-state index contributed by atoms with van der Waals surface area (Å²) in [4.78, 5) is 2.65. The van der Waals surface area contributed by atoms with Gasteiger partial charge in [0, 0.05) is 12.6 Å². The van der Waals surface area contributed by atoms with Gasteiger partial charge in [-0.25, -0.2) is 0 Å². The number of hydrogen-bond donors (Lipinski definition) is 1. The van der Waals surface area contributed by atoms with Gasteiger partial charge in [0.05, 0.1) is 0 Å². The van der Waals surface area contributed by atoms with Crippen LogP contribution in [0.5, 0.6) is 0 Å². The van der Waals surface area contributed by atoms with Crippen LogP contribution in [0.25, 0.3) is 0 Å². The van der Waals surface area contributed by atoms with E-state index in [0.29, 0.717) is 0 Å². The van der Waals surface area contributed by atoms with E-state index in [9.17, 15) is 0 Å². The number of nitrogens with zero attached hydrogens (tertiary/aromatic N) is 1. The lowest BCUT2D eigenvalue weighted by Gasteiger charge is -2.34. The van der Waals surface area contributed by atoms with Crippen LogP contribution in [0.1, 0.15) is 52.4 Å². The van der Waals surface area contributed by atoms with Crippen LogP contribution in [0.3, 0.4) is 0 Å². The standard InChI is InChI=1S/C17H32N2/c1-13(2)12-19-9-7-16(8-10-19)18-11-17(14-3-4-14)15-5-6-15/h13-18H,3-12H2,1-2H3. The summed E-state index contributed by atoms with van der Waals surface area (Å²) in [5, 5.41) is 3.91. The summed E-state index contributed by atoms with van der Waals surface area (Å²) in [5.74, 6) is 4.05. The topological polar surface area (TPSA) is 15.3 Å². The fraction of sp³-hybridized carbons (Fsp3) is 1.00. The molecule has 0 aromatic rings. The third kappa shape index (κ3) is 4.19. The highest BCUT2D eigenvalue weighted by atomic mass is 15.1. The molecule has 0 radical (unpaired) electrons. The van der Waals surface area contributed by atoms with Gasteiger partial charge >= 0.3 is 0 Å². The first kappa shape index (κ1) is 13.9. The summed E-state index contributed by atoms with van der Waals surface area (Å²) in [5.41, 5.74) is 0. The molecule has 0 aromatic carbocycles. The van der Waals surface area contributed by atoms with Gasteiger partial charge in [0.2, 0.25) is 0 Å². The van der Waals surface area contributed by atoms with Crippen molar-refractivity contribution >= 4 is 0 Å². The Morgan fingerprint density at radius 3 is 2.00 bits per heavy atom. The Balaban J connectivity index is 1.35. The van der Waals surface area contributed by atoms with Crippen LogP contribution >= 0.6 is 0 Å². The molecule has 3 fully saturated rings. The third-order valence-electron chi connectivity index (χ3n) is 5.31. The Morgan fingerprint density at radius 2 is 1.53 bits per heavy atom. The Labute approximate surface area is 119 Å². The highest BCUT2D eigenvalue weighted by Gasteiger charge is 2.41. The second kappa shape index (κ2) is 6.13. The lowest BCUT2D eigenvalue weighted by molar-refractivity contribution is 0.175. The van der Waals surface area contributed by atoms with Crippen molar-refractivity contribution in [3.8, 4) is 0 Å². The molecule has 2 saturated carbocycles. The molecule has 1 saturated heterocycles. The fourth-order valence-corrected chi connectivity index (χ4v) is 3.91. The van der Waals surface area contributed by atoms with E-state index in [4.69, 9.17) is 0 Å². The average molecular weight is 264 g/mol. The van der Waals surface area contributed by atoms with Gasteiger partial charge < -0.3 is 10.2 Å². The van der Waals surface area contributed by atoms with Gasteiger partial charge in [-0.1, -0.05) is 13.8 Å². The summed E-state index contributed by atoms with van der Waals surface area (Å²) in [6.45, 7) is 9.91. The molecule has 3 rings (SSSR count). The molecule has 0 amide bonds. The fourth-order valence-electron chi connectivity index (χ4n) is 3.91. The monoisotopic (exact) mass is 264 g/mol. The maximum Gasteiger partial charge on any atom is 0.00915 e. The maximum absolute atomic E-state index is 3.91. The lowest BCUT2D eigenvalue weighted by atomic mass is 9.96. The minimum absolute atomic E-state index is 0.809. The Morgan fingerprint density at radius 1 is 0.947 bits per heavy atom. The summed E-state index contributed by atoms with van der Waals surface area (Å²) in [6, 6.07) is 0.809. The van der Waals surface area contributed by atoms with E-state index >= 15 is 0 Å². The smallest absolute Gasteiger partial charge is 0.00915 e. The molecule has 0 bridgehead atoms. The van der Waals surface area contributed by atoms with Gasteiger partial charge in [0.1, 0.15) is 0 Å². The van der Waals surface area contributed by atoms with Crippen molar-refractivity contribution in [2.45, 2.75) is 58.4 Å². The highest BCUT2D eigenvalue weighted by Crippen LogP contribution is 2.48. The molecule has 2 aliphatic carbocycles. The van der Waals surface area contributed by atoms with Crippen LogP contribution < -0.4 is 5.32 Å². The SMILES string of the molecule is CC(C)CN1CCC(NCC(C2CC2)C2CC2)CC1. The number of piperidine rings is 1. The van der Waals surface area contributed by atoms with Gasteiger partial charge in [0.25, 0.3) is 0 Å². The first-order valence-corrected chi connectivity index (χ1v) is 8.68. The second-order valence-corrected chi connectivity index (χ2v) is 7.72. The number of hydrogen-bond acceptors (Lipinski definition) is 2. The molecule has 0 aromatic heterocycles. The Bertz CT molecular complexity index is 261. The van der Waals surface area contributed by atoms with Crippen molar-refractivity contribution in [3.63, 3.8) is 0 Å². The van der Waals surface area contributed by atoms with Crippen LogP contribution in [-0.2, 0) is 0 Å². The van der Waals surface area contributed by atoms with E-state index in [1.807, 2.05) is 0 Å².